The Morgan fingerprint density at radius 1 is 1.28 bits per heavy atom. The Morgan fingerprint density at radius 3 is 2.80 bits per heavy atom. The van der Waals surface area contributed by atoms with E-state index < -0.39 is 0 Å². The molecule has 0 bridgehead atoms. The molecule has 136 valence electrons. The van der Waals surface area contributed by atoms with E-state index in [1.54, 1.807) is 0 Å². The first-order valence-corrected chi connectivity index (χ1v) is 9.15. The Labute approximate surface area is 151 Å². The number of aromatic nitrogens is 2. The molecule has 5 nitrogen and oxygen atoms in total. The van der Waals surface area contributed by atoms with Crippen molar-refractivity contribution in [1.29, 1.82) is 0 Å². The molecular weight excluding hydrogens is 312 g/mol. The molecule has 1 unspecified atom stereocenters. The summed E-state index contributed by atoms with van der Waals surface area (Å²) in [4.78, 5) is 4.87. The lowest BCUT2D eigenvalue weighted by Gasteiger charge is -2.27. The van der Waals surface area contributed by atoms with Gasteiger partial charge >= 0.3 is 0 Å². The van der Waals surface area contributed by atoms with Crippen LogP contribution in [0.25, 0.3) is 0 Å². The molecule has 0 aliphatic carbocycles. The molecule has 1 aliphatic heterocycles. The van der Waals surface area contributed by atoms with Crippen molar-refractivity contribution in [3.8, 4) is 0 Å². The number of ether oxygens (including phenoxy) is 1. The van der Waals surface area contributed by atoms with E-state index in [2.05, 4.69) is 65.4 Å². The summed E-state index contributed by atoms with van der Waals surface area (Å²) in [6, 6.07) is 10.7. The van der Waals surface area contributed by atoms with Gasteiger partial charge in [-0.15, -0.1) is 0 Å². The molecule has 0 saturated carbocycles. The summed E-state index contributed by atoms with van der Waals surface area (Å²) in [5, 5.41) is 4.44. The quantitative estimate of drug-likeness (QED) is 0.807. The molecule has 2 aromatic rings. The predicted molar refractivity (Wildman–Crippen MR) is 100 cm³/mol. The van der Waals surface area contributed by atoms with Crippen molar-refractivity contribution >= 4 is 0 Å². The van der Waals surface area contributed by atoms with Crippen molar-refractivity contribution in [3.63, 3.8) is 0 Å². The molecule has 0 spiro atoms. The van der Waals surface area contributed by atoms with E-state index in [9.17, 15) is 0 Å². The zero-order chi connectivity index (χ0) is 17.6. The molecule has 1 aromatic carbocycles. The molecule has 3 rings (SSSR count). The predicted octanol–water partition coefficient (Wildman–Crippen LogP) is 2.45. The van der Waals surface area contributed by atoms with E-state index in [-0.39, 0.29) is 6.10 Å². The van der Waals surface area contributed by atoms with Crippen molar-refractivity contribution in [2.45, 2.75) is 32.5 Å². The van der Waals surface area contributed by atoms with Gasteiger partial charge in [0.05, 0.1) is 11.8 Å². The van der Waals surface area contributed by atoms with Crippen LogP contribution in [0.4, 0.5) is 0 Å². The van der Waals surface area contributed by atoms with Gasteiger partial charge in [0.15, 0.2) is 0 Å². The van der Waals surface area contributed by atoms with Gasteiger partial charge in [0.1, 0.15) is 0 Å². The number of benzene rings is 1. The standard InChI is InChI=1S/C20H30N4O/c1-17-19(14-23(3)21-17)13-22(2)15-20-16-24(10-7-11-25-20)12-18-8-5-4-6-9-18/h4-6,8-9,14,20H,7,10-13,15-16H2,1-3H3. The Balaban J connectivity index is 1.54. The molecule has 1 aliphatic rings. The van der Waals surface area contributed by atoms with Crippen molar-refractivity contribution in [2.75, 3.05) is 33.3 Å². The molecule has 2 heterocycles. The van der Waals surface area contributed by atoms with E-state index >= 15 is 0 Å². The summed E-state index contributed by atoms with van der Waals surface area (Å²) >= 11 is 0. The minimum absolute atomic E-state index is 0.258. The number of hydrogen-bond donors (Lipinski definition) is 0. The molecule has 1 fully saturated rings. The summed E-state index contributed by atoms with van der Waals surface area (Å²) < 4.78 is 8.00. The maximum atomic E-state index is 6.11. The van der Waals surface area contributed by atoms with E-state index in [1.165, 1.54) is 11.1 Å². The lowest BCUT2D eigenvalue weighted by Crippen LogP contribution is -2.38. The first-order valence-electron chi connectivity index (χ1n) is 9.15. The van der Waals surface area contributed by atoms with Crippen molar-refractivity contribution < 1.29 is 4.74 Å². The van der Waals surface area contributed by atoms with Crippen LogP contribution in [-0.4, -0.2) is 59.0 Å². The zero-order valence-corrected chi connectivity index (χ0v) is 15.7. The van der Waals surface area contributed by atoms with Crippen LogP contribution in [-0.2, 0) is 24.9 Å². The number of rotatable bonds is 6. The SMILES string of the molecule is Cc1nn(C)cc1CN(C)CC1CN(Cc2ccccc2)CCCO1. The number of aryl methyl sites for hydroxylation is 2. The zero-order valence-electron chi connectivity index (χ0n) is 15.7. The molecule has 1 atom stereocenters. The van der Waals surface area contributed by atoms with E-state index in [4.69, 9.17) is 4.74 Å². The van der Waals surface area contributed by atoms with Gasteiger partial charge in [0, 0.05) is 58.1 Å². The Morgan fingerprint density at radius 2 is 2.08 bits per heavy atom. The molecular formula is C20H30N4O. The van der Waals surface area contributed by atoms with Gasteiger partial charge in [-0.1, -0.05) is 30.3 Å². The smallest absolute Gasteiger partial charge is 0.0828 e. The maximum absolute atomic E-state index is 6.11. The lowest BCUT2D eigenvalue weighted by atomic mass is 10.2. The fourth-order valence-corrected chi connectivity index (χ4v) is 3.57. The monoisotopic (exact) mass is 342 g/mol. The third-order valence-corrected chi connectivity index (χ3v) is 4.75. The van der Waals surface area contributed by atoms with Crippen LogP contribution in [0.5, 0.6) is 0 Å². The van der Waals surface area contributed by atoms with Crippen LogP contribution in [0.3, 0.4) is 0 Å². The highest BCUT2D eigenvalue weighted by Gasteiger charge is 2.20. The third-order valence-electron chi connectivity index (χ3n) is 4.75. The summed E-state index contributed by atoms with van der Waals surface area (Å²) in [7, 11) is 4.15. The molecule has 0 radical (unpaired) electrons. The van der Waals surface area contributed by atoms with Crippen molar-refractivity contribution in [3.05, 3.63) is 53.3 Å². The Hall–Kier alpha value is -1.69. The second-order valence-corrected chi connectivity index (χ2v) is 7.18. The second-order valence-electron chi connectivity index (χ2n) is 7.18. The highest BCUT2D eigenvalue weighted by molar-refractivity contribution is 5.15. The maximum Gasteiger partial charge on any atom is 0.0828 e. The average molecular weight is 342 g/mol. The summed E-state index contributed by atoms with van der Waals surface area (Å²) in [5.74, 6) is 0. The Bertz CT molecular complexity index is 655. The molecule has 1 saturated heterocycles. The van der Waals surface area contributed by atoms with E-state index in [0.717, 1.165) is 51.4 Å². The van der Waals surface area contributed by atoms with Crippen LogP contribution in [0, 0.1) is 6.92 Å². The number of hydrogen-bond acceptors (Lipinski definition) is 4. The van der Waals surface area contributed by atoms with Crippen LogP contribution >= 0.6 is 0 Å². The lowest BCUT2D eigenvalue weighted by molar-refractivity contribution is 0.0297. The van der Waals surface area contributed by atoms with Gasteiger partial charge in [0.2, 0.25) is 0 Å². The van der Waals surface area contributed by atoms with Gasteiger partial charge < -0.3 is 4.74 Å². The highest BCUT2D eigenvalue weighted by Crippen LogP contribution is 2.13. The Kier molecular flexibility index (Phi) is 6.24. The van der Waals surface area contributed by atoms with Gasteiger partial charge in [-0.25, -0.2) is 0 Å². The average Bonchev–Trinajstić information content (AvgIpc) is 2.76. The third kappa shape index (κ3) is 5.39. The van der Waals surface area contributed by atoms with Gasteiger partial charge in [-0.3, -0.25) is 14.5 Å². The topological polar surface area (TPSA) is 33.5 Å². The van der Waals surface area contributed by atoms with Gasteiger partial charge in [-0.2, -0.15) is 5.10 Å². The first-order chi connectivity index (χ1) is 12.1. The molecule has 0 amide bonds. The highest BCUT2D eigenvalue weighted by atomic mass is 16.5. The van der Waals surface area contributed by atoms with Gasteiger partial charge in [0.25, 0.3) is 0 Å². The minimum Gasteiger partial charge on any atom is -0.376 e. The summed E-state index contributed by atoms with van der Waals surface area (Å²) in [5.41, 5.74) is 3.78. The normalized spacial score (nSPS) is 19.3. The molecule has 5 heteroatoms. The van der Waals surface area contributed by atoms with Crippen LogP contribution in [0.1, 0.15) is 23.2 Å². The van der Waals surface area contributed by atoms with Crippen molar-refractivity contribution in [2.24, 2.45) is 7.05 Å². The van der Waals surface area contributed by atoms with Crippen LogP contribution in [0.15, 0.2) is 36.5 Å². The number of likely N-dealkylation sites (N-methyl/N-ethyl adjacent to an activating group) is 1. The van der Waals surface area contributed by atoms with Gasteiger partial charge in [-0.05, 0) is 26.0 Å². The summed E-state index contributed by atoms with van der Waals surface area (Å²) in [6.07, 6.45) is 3.48. The molecule has 0 N–H and O–H groups in total. The van der Waals surface area contributed by atoms with Crippen LogP contribution in [0.2, 0.25) is 0 Å². The van der Waals surface area contributed by atoms with E-state index in [1.807, 2.05) is 11.7 Å². The first kappa shape index (κ1) is 18.1. The summed E-state index contributed by atoms with van der Waals surface area (Å²) in [6.45, 7) is 7.90. The number of nitrogens with zero attached hydrogens (tertiary/aromatic N) is 4. The fraction of sp³-hybridized carbons (Fsp3) is 0.550. The van der Waals surface area contributed by atoms with Crippen LogP contribution < -0.4 is 0 Å². The minimum atomic E-state index is 0.258. The molecule has 1 aromatic heterocycles. The largest absolute Gasteiger partial charge is 0.376 e. The second kappa shape index (κ2) is 8.61. The van der Waals surface area contributed by atoms with Crippen molar-refractivity contribution in [1.82, 2.24) is 19.6 Å². The fourth-order valence-electron chi connectivity index (χ4n) is 3.57. The molecule has 25 heavy (non-hydrogen) atoms. The van der Waals surface area contributed by atoms with E-state index in [0.29, 0.717) is 0 Å².